The van der Waals surface area contributed by atoms with Gasteiger partial charge in [-0.25, -0.2) is 5.06 Å². The van der Waals surface area contributed by atoms with E-state index in [1.807, 2.05) is 0 Å². The summed E-state index contributed by atoms with van der Waals surface area (Å²) in [6.45, 7) is -0.398. The number of ether oxygens (including phenoxy) is 4. The molecule has 0 bridgehead atoms. The van der Waals surface area contributed by atoms with Gasteiger partial charge < -0.3 is 82.9 Å². The molecule has 0 aromatic carbocycles. The molecule has 2 aliphatic heterocycles. The van der Waals surface area contributed by atoms with Crippen LogP contribution >= 0.6 is 0 Å². The maximum Gasteiger partial charge on any atom is 0.246 e. The molecule has 3 rings (SSSR count). The molecule has 1 saturated carbocycles. The molecule has 0 spiro atoms. The van der Waals surface area contributed by atoms with Crippen molar-refractivity contribution in [2.24, 2.45) is 28.9 Å². The fraction of sp³-hybridized carbons (Fsp3) is 0.960. The van der Waals surface area contributed by atoms with Crippen LogP contribution in [0.1, 0.15) is 19.3 Å². The van der Waals surface area contributed by atoms with Crippen LogP contribution in [0.15, 0.2) is 0 Å². The Morgan fingerprint density at radius 3 is 2.16 bits per heavy atom. The summed E-state index contributed by atoms with van der Waals surface area (Å²) >= 11 is 0. The number of carbonyl (C=O) groups excluding carboxylic acids is 1. The van der Waals surface area contributed by atoms with Crippen LogP contribution in [0.5, 0.6) is 0 Å². The molecule has 0 radical (unpaired) electrons. The lowest BCUT2D eigenvalue weighted by Crippen LogP contribution is -2.68. The number of amides is 1. The minimum Gasteiger partial charge on any atom is -0.396 e. The number of rotatable bonds is 14. The molecule has 15 atom stereocenters. The molecular weight excluding hydrogens is 592 g/mol. The van der Waals surface area contributed by atoms with Gasteiger partial charge in [0.05, 0.1) is 31.3 Å². The third-order valence-electron chi connectivity index (χ3n) is 8.33. The van der Waals surface area contributed by atoms with Crippen molar-refractivity contribution in [3.63, 3.8) is 0 Å². The van der Waals surface area contributed by atoms with Crippen molar-refractivity contribution in [1.29, 1.82) is 0 Å². The van der Waals surface area contributed by atoms with Gasteiger partial charge >= 0.3 is 0 Å². The van der Waals surface area contributed by atoms with Crippen LogP contribution in [0.4, 0.5) is 0 Å². The van der Waals surface area contributed by atoms with Gasteiger partial charge in [0.15, 0.2) is 12.6 Å². The molecule has 258 valence electrons. The predicted octanol–water partition coefficient (Wildman–Crippen LogP) is -7.46. The lowest BCUT2D eigenvalue weighted by molar-refractivity contribution is -0.323. The van der Waals surface area contributed by atoms with Crippen molar-refractivity contribution < 1.29 is 64.7 Å². The minimum atomic E-state index is -1.63. The first kappa shape index (κ1) is 37.2. The fourth-order valence-corrected chi connectivity index (χ4v) is 5.72. The highest BCUT2D eigenvalue weighted by atomic mass is 16.7. The van der Waals surface area contributed by atoms with Crippen LogP contribution < -0.4 is 28.3 Å². The van der Waals surface area contributed by atoms with Crippen molar-refractivity contribution in [3.8, 4) is 0 Å². The molecule has 0 aromatic heterocycles. The van der Waals surface area contributed by atoms with Gasteiger partial charge in [0.1, 0.15) is 48.8 Å². The Kier molecular flexibility index (Phi) is 14.5. The first-order valence-electron chi connectivity index (χ1n) is 14.8. The van der Waals surface area contributed by atoms with E-state index in [9.17, 15) is 40.6 Å². The van der Waals surface area contributed by atoms with E-state index in [0.29, 0.717) is 18.0 Å². The Morgan fingerprint density at radius 1 is 0.864 bits per heavy atom. The summed E-state index contributed by atoms with van der Waals surface area (Å²) in [5.74, 6) is -1.62. The van der Waals surface area contributed by atoms with Gasteiger partial charge in [-0.2, -0.15) is 0 Å². The summed E-state index contributed by atoms with van der Waals surface area (Å²) in [5, 5.41) is 85.5. The van der Waals surface area contributed by atoms with Crippen LogP contribution in [0.2, 0.25) is 0 Å². The van der Waals surface area contributed by atoms with E-state index < -0.39 is 104 Å². The van der Waals surface area contributed by atoms with Gasteiger partial charge in [-0.05, 0) is 25.3 Å². The van der Waals surface area contributed by atoms with Crippen LogP contribution in [0.25, 0.3) is 0 Å². The highest BCUT2D eigenvalue weighted by Gasteiger charge is 2.52. The first-order chi connectivity index (χ1) is 20.9. The monoisotopic (exact) mass is 642 g/mol. The van der Waals surface area contributed by atoms with Crippen molar-refractivity contribution >= 4 is 5.91 Å². The normalized spacial score (nSPS) is 43.1. The van der Waals surface area contributed by atoms with Crippen molar-refractivity contribution in [2.75, 3.05) is 39.4 Å². The molecular formula is C25H50N6O13. The van der Waals surface area contributed by atoms with E-state index in [4.69, 9.17) is 47.0 Å². The number of nitrogens with zero attached hydrogens (tertiary/aromatic N) is 1. The van der Waals surface area contributed by atoms with Gasteiger partial charge in [-0.1, -0.05) is 0 Å². The average molecular weight is 643 g/mol. The standard InChI is InChI=1S/C25H50N6O13/c26-2-4-31(40)14(34)7-10-6-11(27)23(21(39)22(10)43-25-20(38)15(28)17(35)13(9-33)42-25)44-24-16(29)19(37)18(36)12(41-24)8-30-3-1-5-32/h10-13,15-25,30,32-33,35-40H,1-9,26-29H2/t10-,11-,12+,13+,15-,16+,17+,18+,19+,20+,21+,22-,23?,24+,25+/m0/s1. The van der Waals surface area contributed by atoms with Gasteiger partial charge in [0, 0.05) is 32.2 Å². The predicted molar refractivity (Wildman–Crippen MR) is 148 cm³/mol. The molecule has 1 amide bonds. The van der Waals surface area contributed by atoms with E-state index >= 15 is 0 Å². The highest BCUT2D eigenvalue weighted by molar-refractivity contribution is 5.75. The fourth-order valence-electron chi connectivity index (χ4n) is 5.72. The largest absolute Gasteiger partial charge is 0.396 e. The smallest absolute Gasteiger partial charge is 0.246 e. The van der Waals surface area contributed by atoms with Crippen molar-refractivity contribution in [3.05, 3.63) is 0 Å². The van der Waals surface area contributed by atoms with Gasteiger partial charge in [0.25, 0.3) is 0 Å². The SMILES string of the molecule is NCCN(O)C(=O)C[C@@H]1C[C@H](N)C(O[C@H]2O[C@H](CNCCCO)[C@@H](O)[C@H](O)[C@H]2N)[C@H](O)[C@H]1O[C@H]1O[C@H](CO)[C@@H](O)[C@H](N)[C@H]1O. The number of nitrogens with one attached hydrogen (secondary N) is 1. The zero-order chi connectivity index (χ0) is 32.7. The molecule has 3 fully saturated rings. The summed E-state index contributed by atoms with van der Waals surface area (Å²) in [4.78, 5) is 12.7. The molecule has 1 aliphatic carbocycles. The molecule has 2 heterocycles. The zero-order valence-corrected chi connectivity index (χ0v) is 24.4. The Bertz CT molecular complexity index is 882. The molecule has 3 aliphatic rings. The van der Waals surface area contributed by atoms with Crippen molar-refractivity contribution in [1.82, 2.24) is 10.4 Å². The highest BCUT2D eigenvalue weighted by Crippen LogP contribution is 2.36. The Morgan fingerprint density at radius 2 is 1.52 bits per heavy atom. The number of hydroxylamine groups is 2. The summed E-state index contributed by atoms with van der Waals surface area (Å²) in [6.07, 6.45) is -15.2. The Hall–Kier alpha value is -1.21. The van der Waals surface area contributed by atoms with Gasteiger partial charge in [0.2, 0.25) is 5.91 Å². The number of aliphatic hydroxyl groups excluding tert-OH is 7. The number of carbonyl (C=O) groups is 1. The molecule has 2 saturated heterocycles. The number of hydrogen-bond acceptors (Lipinski definition) is 18. The maximum atomic E-state index is 12.7. The maximum absolute atomic E-state index is 12.7. The summed E-state index contributed by atoms with van der Waals surface area (Å²) in [7, 11) is 0. The second kappa shape index (κ2) is 17.1. The molecule has 19 heteroatoms. The van der Waals surface area contributed by atoms with E-state index in [0.717, 1.165) is 0 Å². The lowest BCUT2D eigenvalue weighted by atomic mass is 9.77. The summed E-state index contributed by atoms with van der Waals surface area (Å²) < 4.78 is 23.3. The van der Waals surface area contributed by atoms with Crippen molar-refractivity contribution in [2.45, 2.75) is 105 Å². The number of hydrogen-bond donors (Lipinski definition) is 13. The quantitative estimate of drug-likeness (QED) is 0.0475. The van der Waals surface area contributed by atoms with Crippen LogP contribution in [0, 0.1) is 5.92 Å². The first-order valence-corrected chi connectivity index (χ1v) is 14.8. The average Bonchev–Trinajstić information content (AvgIpc) is 2.99. The molecule has 44 heavy (non-hydrogen) atoms. The van der Waals surface area contributed by atoms with Crippen LogP contribution in [-0.2, 0) is 23.7 Å². The number of nitrogens with two attached hydrogens (primary N) is 4. The Balaban J connectivity index is 1.82. The van der Waals surface area contributed by atoms with E-state index in [2.05, 4.69) is 5.32 Å². The molecule has 0 aromatic rings. The van der Waals surface area contributed by atoms with Crippen LogP contribution in [0.3, 0.4) is 0 Å². The molecule has 1 unspecified atom stereocenters. The van der Waals surface area contributed by atoms with E-state index in [1.54, 1.807) is 0 Å². The zero-order valence-electron chi connectivity index (χ0n) is 24.4. The van der Waals surface area contributed by atoms with Gasteiger partial charge in [-0.15, -0.1) is 0 Å². The summed E-state index contributed by atoms with van der Waals surface area (Å²) in [6, 6.07) is -3.51. The molecule has 17 N–H and O–H groups in total. The third-order valence-corrected chi connectivity index (χ3v) is 8.33. The lowest BCUT2D eigenvalue weighted by Gasteiger charge is -2.49. The minimum absolute atomic E-state index is 0.0180. The second-order valence-electron chi connectivity index (χ2n) is 11.5. The Labute approximate surface area is 254 Å². The summed E-state index contributed by atoms with van der Waals surface area (Å²) in [5.41, 5.74) is 23.8. The van der Waals surface area contributed by atoms with E-state index in [1.165, 1.54) is 0 Å². The van der Waals surface area contributed by atoms with E-state index in [-0.39, 0.29) is 39.1 Å². The third kappa shape index (κ3) is 8.77. The topological polar surface area (TPSA) is 335 Å². The van der Waals surface area contributed by atoms with Crippen LogP contribution in [-0.4, -0.2) is 177 Å². The molecule has 19 nitrogen and oxygen atoms in total. The second-order valence-corrected chi connectivity index (χ2v) is 11.5. The number of aliphatic hydroxyl groups is 7. The van der Waals surface area contributed by atoms with Gasteiger partial charge in [-0.3, -0.25) is 10.0 Å².